The van der Waals surface area contributed by atoms with Crippen molar-refractivity contribution in [3.63, 3.8) is 0 Å². The molecule has 2 heteroatoms. The average Bonchev–Trinajstić information content (AvgIpc) is 2.73. The molecule has 1 aliphatic carbocycles. The highest BCUT2D eigenvalue weighted by atomic mass is 32.2. The molecule has 0 aromatic heterocycles. The van der Waals surface area contributed by atoms with E-state index < -0.39 is 10.8 Å². The zero-order chi connectivity index (χ0) is 12.5. The lowest BCUT2D eigenvalue weighted by molar-refractivity contribution is 0.677. The molecule has 2 aromatic rings. The topological polar surface area (TPSA) is 17.1 Å². The van der Waals surface area contributed by atoms with Crippen LogP contribution in [-0.4, -0.2) is 9.96 Å². The van der Waals surface area contributed by atoms with Crippen LogP contribution < -0.4 is 0 Å². The molecule has 0 heterocycles. The van der Waals surface area contributed by atoms with Gasteiger partial charge in [0.15, 0.2) is 0 Å². The van der Waals surface area contributed by atoms with Crippen molar-refractivity contribution in [3.8, 4) is 11.1 Å². The highest BCUT2D eigenvalue weighted by Gasteiger charge is 2.31. The summed E-state index contributed by atoms with van der Waals surface area (Å²) in [7, 11) is -0.818. The van der Waals surface area contributed by atoms with E-state index in [4.69, 9.17) is 0 Å². The Morgan fingerprint density at radius 1 is 0.944 bits per heavy atom. The van der Waals surface area contributed by atoms with Crippen molar-refractivity contribution < 1.29 is 4.21 Å². The van der Waals surface area contributed by atoms with Crippen LogP contribution in [0.25, 0.3) is 11.1 Å². The smallest absolute Gasteiger partial charge is 0.0858 e. The van der Waals surface area contributed by atoms with Gasteiger partial charge in [0.1, 0.15) is 0 Å². The van der Waals surface area contributed by atoms with Crippen molar-refractivity contribution in [2.75, 3.05) is 5.75 Å². The van der Waals surface area contributed by atoms with E-state index in [1.54, 1.807) is 0 Å². The Bertz CT molecular complexity index is 558. The van der Waals surface area contributed by atoms with Crippen LogP contribution in [0.1, 0.15) is 29.7 Å². The molecule has 0 fully saturated rings. The first-order valence-corrected chi connectivity index (χ1v) is 7.76. The second-order valence-corrected chi connectivity index (χ2v) is 6.28. The molecule has 0 N–H and O–H groups in total. The minimum atomic E-state index is -0.818. The number of fused-ring (bicyclic) bond motifs is 3. The predicted octanol–water partition coefficient (Wildman–Crippen LogP) is 3.92. The number of benzene rings is 2. The van der Waals surface area contributed by atoms with Crippen LogP contribution in [0, 0.1) is 0 Å². The van der Waals surface area contributed by atoms with Gasteiger partial charge < -0.3 is 0 Å². The summed E-state index contributed by atoms with van der Waals surface area (Å²) in [5.74, 6) is 0.771. The monoisotopic (exact) mass is 256 g/mol. The molecule has 0 aliphatic heterocycles. The maximum atomic E-state index is 12.5. The van der Waals surface area contributed by atoms with Crippen LogP contribution in [-0.2, 0) is 10.8 Å². The normalized spacial score (nSPS) is 15.2. The highest BCUT2D eigenvalue weighted by molar-refractivity contribution is 7.85. The molecule has 0 saturated carbocycles. The average molecular weight is 256 g/mol. The molecule has 1 nitrogen and oxygen atoms in total. The fraction of sp³-hybridized carbons (Fsp3) is 0.250. The Hall–Kier alpha value is -1.41. The molecule has 3 rings (SSSR count). The van der Waals surface area contributed by atoms with E-state index in [1.807, 2.05) is 12.1 Å². The second kappa shape index (κ2) is 4.69. The van der Waals surface area contributed by atoms with E-state index in [0.717, 1.165) is 12.2 Å². The largest absolute Gasteiger partial charge is 0.259 e. The summed E-state index contributed by atoms with van der Waals surface area (Å²) in [6.45, 7) is 2.09. The zero-order valence-corrected chi connectivity index (χ0v) is 11.2. The van der Waals surface area contributed by atoms with Crippen LogP contribution in [0.15, 0.2) is 48.5 Å². The summed E-state index contributed by atoms with van der Waals surface area (Å²) in [6, 6.07) is 16.7. The quantitative estimate of drug-likeness (QED) is 0.813. The van der Waals surface area contributed by atoms with Crippen LogP contribution in [0.5, 0.6) is 0 Å². The first-order chi connectivity index (χ1) is 8.83. The van der Waals surface area contributed by atoms with Crippen molar-refractivity contribution in [2.24, 2.45) is 0 Å². The van der Waals surface area contributed by atoms with Gasteiger partial charge in [-0.2, -0.15) is 0 Å². The van der Waals surface area contributed by atoms with Crippen molar-refractivity contribution in [3.05, 3.63) is 59.7 Å². The fourth-order valence-corrected chi connectivity index (χ4v) is 4.33. The summed E-state index contributed by atoms with van der Waals surface area (Å²) in [5.41, 5.74) is 4.96. The summed E-state index contributed by atoms with van der Waals surface area (Å²) >= 11 is 0. The SMILES string of the molecule is CCC[S@](=O)C1c2ccccc2-c2ccccc21. The van der Waals surface area contributed by atoms with Crippen LogP contribution in [0.2, 0.25) is 0 Å². The van der Waals surface area contributed by atoms with Gasteiger partial charge in [0.2, 0.25) is 0 Å². The van der Waals surface area contributed by atoms with Gasteiger partial charge >= 0.3 is 0 Å². The fourth-order valence-electron chi connectivity index (χ4n) is 2.71. The number of rotatable bonds is 3. The lowest BCUT2D eigenvalue weighted by Crippen LogP contribution is -2.08. The second-order valence-electron chi connectivity index (χ2n) is 4.64. The maximum Gasteiger partial charge on any atom is 0.0858 e. The number of hydrogen-bond acceptors (Lipinski definition) is 1. The lowest BCUT2D eigenvalue weighted by atomic mass is 10.1. The molecule has 1 aliphatic rings. The van der Waals surface area contributed by atoms with Gasteiger partial charge in [-0.05, 0) is 28.7 Å². The summed E-state index contributed by atoms with van der Waals surface area (Å²) in [4.78, 5) is 0. The Labute approximate surface area is 110 Å². The minimum Gasteiger partial charge on any atom is -0.259 e. The molecule has 1 atom stereocenters. The predicted molar refractivity (Wildman–Crippen MR) is 77.0 cm³/mol. The van der Waals surface area contributed by atoms with E-state index in [0.29, 0.717) is 0 Å². The summed E-state index contributed by atoms with van der Waals surface area (Å²) < 4.78 is 12.5. The van der Waals surface area contributed by atoms with Crippen molar-refractivity contribution >= 4 is 10.8 Å². The molecule has 92 valence electrons. The molecular weight excluding hydrogens is 240 g/mol. The van der Waals surface area contributed by atoms with E-state index in [-0.39, 0.29) is 5.25 Å². The standard InChI is InChI=1S/C16H16OS/c1-2-11-18(17)16-14-9-5-3-7-12(14)13-8-4-6-10-15(13)16/h3-10,16H,2,11H2,1H3/t18-/m0/s1. The van der Waals surface area contributed by atoms with Gasteiger partial charge in [-0.1, -0.05) is 55.5 Å². The van der Waals surface area contributed by atoms with E-state index in [1.165, 1.54) is 22.3 Å². The van der Waals surface area contributed by atoms with Gasteiger partial charge in [-0.15, -0.1) is 0 Å². The molecule has 0 unspecified atom stereocenters. The Morgan fingerprint density at radius 3 is 1.94 bits per heavy atom. The minimum absolute atomic E-state index is 0.0670. The molecule has 0 spiro atoms. The van der Waals surface area contributed by atoms with Gasteiger partial charge in [0, 0.05) is 16.6 Å². The van der Waals surface area contributed by atoms with Gasteiger partial charge in [0.25, 0.3) is 0 Å². The Balaban J connectivity index is 2.18. The number of hydrogen-bond donors (Lipinski definition) is 0. The van der Waals surface area contributed by atoms with Crippen molar-refractivity contribution in [1.82, 2.24) is 0 Å². The first-order valence-electron chi connectivity index (χ1n) is 6.38. The van der Waals surface area contributed by atoms with Gasteiger partial charge in [-0.25, -0.2) is 0 Å². The van der Waals surface area contributed by atoms with Crippen LogP contribution >= 0.6 is 0 Å². The Kier molecular flexibility index (Phi) is 3.04. The molecule has 0 saturated heterocycles. The lowest BCUT2D eigenvalue weighted by Gasteiger charge is -2.12. The van der Waals surface area contributed by atoms with Crippen molar-refractivity contribution in [2.45, 2.75) is 18.6 Å². The summed E-state index contributed by atoms with van der Waals surface area (Å²) in [6.07, 6.45) is 0.966. The molecule has 0 amide bonds. The van der Waals surface area contributed by atoms with E-state index >= 15 is 0 Å². The zero-order valence-electron chi connectivity index (χ0n) is 10.4. The molecule has 2 aromatic carbocycles. The van der Waals surface area contributed by atoms with Gasteiger partial charge in [0.05, 0.1) is 5.25 Å². The highest BCUT2D eigenvalue weighted by Crippen LogP contribution is 2.46. The van der Waals surface area contributed by atoms with E-state index in [2.05, 4.69) is 43.3 Å². The van der Waals surface area contributed by atoms with Crippen LogP contribution in [0.3, 0.4) is 0 Å². The Morgan fingerprint density at radius 2 is 1.44 bits per heavy atom. The van der Waals surface area contributed by atoms with Gasteiger partial charge in [-0.3, -0.25) is 4.21 Å². The third-order valence-electron chi connectivity index (χ3n) is 3.44. The van der Waals surface area contributed by atoms with E-state index in [9.17, 15) is 4.21 Å². The molecule has 0 radical (unpaired) electrons. The first kappa shape index (κ1) is 11.7. The summed E-state index contributed by atoms with van der Waals surface area (Å²) in [5, 5.41) is 0.0670. The van der Waals surface area contributed by atoms with Crippen LogP contribution in [0.4, 0.5) is 0 Å². The third kappa shape index (κ3) is 1.72. The maximum absolute atomic E-state index is 12.5. The molecular formula is C16H16OS. The molecule has 0 bridgehead atoms. The molecule has 18 heavy (non-hydrogen) atoms. The third-order valence-corrected chi connectivity index (χ3v) is 5.29. The van der Waals surface area contributed by atoms with Crippen molar-refractivity contribution in [1.29, 1.82) is 0 Å².